The minimum absolute atomic E-state index is 0.289. The molecule has 6 heteroatoms. The van der Waals surface area contributed by atoms with Gasteiger partial charge in [0.05, 0.1) is 0 Å². The fourth-order valence-corrected chi connectivity index (χ4v) is 4.17. The Balaban J connectivity index is 1.78. The molecule has 1 saturated heterocycles. The number of nitrogens with zero attached hydrogens (tertiary/aromatic N) is 3. The summed E-state index contributed by atoms with van der Waals surface area (Å²) in [7, 11) is 0. The molecule has 1 aromatic rings. The smallest absolute Gasteiger partial charge is 0.209 e. The first-order valence-electron chi connectivity index (χ1n) is 5.41. The van der Waals surface area contributed by atoms with E-state index in [-0.39, 0.29) is 5.92 Å². The van der Waals surface area contributed by atoms with Crippen molar-refractivity contribution in [1.29, 1.82) is 0 Å². The maximum Gasteiger partial charge on any atom is 0.209 e. The monoisotopic (exact) mass is 301 g/mol. The summed E-state index contributed by atoms with van der Waals surface area (Å²) in [5, 5.41) is 9.11. The Bertz CT molecular complexity index is 435. The van der Waals surface area contributed by atoms with Crippen LogP contribution in [-0.4, -0.2) is 28.6 Å². The molecule has 0 amide bonds. The van der Waals surface area contributed by atoms with E-state index in [9.17, 15) is 4.79 Å². The zero-order valence-electron chi connectivity index (χ0n) is 8.89. The third-order valence-electron chi connectivity index (χ3n) is 3.70. The van der Waals surface area contributed by atoms with Crippen LogP contribution in [0.15, 0.2) is 3.92 Å². The van der Waals surface area contributed by atoms with E-state index in [1.807, 2.05) is 0 Å². The molecule has 1 saturated carbocycles. The van der Waals surface area contributed by atoms with Crippen LogP contribution in [0, 0.1) is 11.8 Å². The van der Waals surface area contributed by atoms with Crippen molar-refractivity contribution in [3.63, 3.8) is 0 Å². The summed E-state index contributed by atoms with van der Waals surface area (Å²) in [6.45, 7) is 2.69. The minimum Gasteiger partial charge on any atom is -0.343 e. The number of hydrogen-bond acceptors (Lipinski definition) is 5. The molecule has 0 radical (unpaired) electrons. The number of aromatic nitrogens is 2. The predicted molar refractivity (Wildman–Crippen MR) is 65.6 cm³/mol. The van der Waals surface area contributed by atoms with Crippen LogP contribution in [0.2, 0.25) is 0 Å². The number of halogens is 1. The van der Waals surface area contributed by atoms with E-state index in [1.54, 1.807) is 18.3 Å². The number of ketones is 1. The Hall–Kier alpha value is -0.490. The lowest BCUT2D eigenvalue weighted by Crippen LogP contribution is -2.37. The Kier molecular flexibility index (Phi) is 2.51. The largest absolute Gasteiger partial charge is 0.343 e. The second kappa shape index (κ2) is 3.77. The van der Waals surface area contributed by atoms with Gasteiger partial charge in [-0.3, -0.25) is 4.79 Å². The molecule has 2 fully saturated rings. The van der Waals surface area contributed by atoms with Gasteiger partial charge in [0.15, 0.2) is 3.92 Å². The van der Waals surface area contributed by atoms with E-state index in [1.165, 1.54) is 0 Å². The van der Waals surface area contributed by atoms with Gasteiger partial charge >= 0.3 is 0 Å². The fraction of sp³-hybridized carbons (Fsp3) is 0.700. The molecular weight excluding hydrogens is 290 g/mol. The summed E-state index contributed by atoms with van der Waals surface area (Å²) in [6.07, 6.45) is 2.14. The average molecular weight is 302 g/mol. The predicted octanol–water partition coefficient (Wildman–Crippen LogP) is 2.10. The quantitative estimate of drug-likeness (QED) is 0.839. The van der Waals surface area contributed by atoms with Crippen molar-refractivity contribution in [3.8, 4) is 0 Å². The number of rotatable bonds is 2. The van der Waals surface area contributed by atoms with Gasteiger partial charge in [-0.1, -0.05) is 11.3 Å². The highest BCUT2D eigenvalue weighted by Gasteiger charge is 2.47. The molecule has 1 aliphatic carbocycles. The van der Waals surface area contributed by atoms with Crippen LogP contribution in [0.1, 0.15) is 19.8 Å². The van der Waals surface area contributed by atoms with Crippen LogP contribution in [0.5, 0.6) is 0 Å². The molecule has 2 bridgehead atoms. The van der Waals surface area contributed by atoms with Gasteiger partial charge in [0.2, 0.25) is 5.13 Å². The molecule has 1 aliphatic heterocycles. The van der Waals surface area contributed by atoms with Crippen molar-refractivity contribution in [2.45, 2.75) is 25.8 Å². The van der Waals surface area contributed by atoms with Crippen LogP contribution in [0.4, 0.5) is 5.13 Å². The topological polar surface area (TPSA) is 46.1 Å². The van der Waals surface area contributed by atoms with Gasteiger partial charge in [-0.15, -0.1) is 10.2 Å². The third-order valence-corrected chi connectivity index (χ3v) is 5.09. The maximum atomic E-state index is 11.4. The van der Waals surface area contributed by atoms with Crippen molar-refractivity contribution < 1.29 is 4.79 Å². The number of piperidine rings is 1. The van der Waals surface area contributed by atoms with E-state index in [4.69, 9.17) is 0 Å². The molecule has 0 N–H and O–H groups in total. The summed E-state index contributed by atoms with van der Waals surface area (Å²) >= 11 is 4.90. The molecule has 3 rings (SSSR count). The number of Topliss-reactive ketones (excluding diaryl/α,β-unsaturated/α-hetero) is 1. The number of carbonyl (C=O) groups is 1. The van der Waals surface area contributed by atoms with Gasteiger partial charge in [0, 0.05) is 18.5 Å². The molecular formula is C10H12BrN3OS. The summed E-state index contributed by atoms with van der Waals surface area (Å²) in [5.41, 5.74) is 0. The molecule has 16 heavy (non-hydrogen) atoms. The van der Waals surface area contributed by atoms with Gasteiger partial charge in [0.1, 0.15) is 5.78 Å². The van der Waals surface area contributed by atoms with E-state index in [0.29, 0.717) is 17.7 Å². The van der Waals surface area contributed by atoms with Crippen molar-refractivity contribution >= 4 is 38.2 Å². The molecule has 2 aliphatic rings. The molecule has 3 atom stereocenters. The summed E-state index contributed by atoms with van der Waals surface area (Å²) in [5.74, 6) is 1.17. The molecule has 0 spiro atoms. The molecule has 2 heterocycles. The SMILES string of the molecule is CC(=O)C1C[C@H]2C[C@@H]1CN2c1nnc(Br)s1. The highest BCUT2D eigenvalue weighted by atomic mass is 79.9. The maximum absolute atomic E-state index is 11.4. The lowest BCUT2D eigenvalue weighted by atomic mass is 9.91. The molecule has 86 valence electrons. The summed E-state index contributed by atoms with van der Waals surface area (Å²) in [4.78, 5) is 13.7. The first-order chi connectivity index (χ1) is 7.65. The Labute approximate surface area is 106 Å². The molecule has 1 aromatic heterocycles. The third kappa shape index (κ3) is 1.59. The second-order valence-corrected chi connectivity index (χ2v) is 6.82. The first kappa shape index (κ1) is 10.7. The standard InChI is InChI=1S/C10H12BrN3OS/c1-5(15)8-3-7-2-6(8)4-14(7)10-13-12-9(11)16-10/h6-8H,2-4H2,1H3/t6-,7-,8?/m1/s1. The van der Waals surface area contributed by atoms with Crippen LogP contribution >= 0.6 is 27.3 Å². The van der Waals surface area contributed by atoms with Crippen molar-refractivity contribution in [2.75, 3.05) is 11.4 Å². The van der Waals surface area contributed by atoms with Crippen molar-refractivity contribution in [2.24, 2.45) is 11.8 Å². The van der Waals surface area contributed by atoms with E-state index in [2.05, 4.69) is 31.0 Å². The summed E-state index contributed by atoms with van der Waals surface area (Å²) < 4.78 is 0.827. The normalized spacial score (nSPS) is 32.4. The van der Waals surface area contributed by atoms with Crippen LogP contribution < -0.4 is 4.90 Å². The summed E-state index contributed by atoms with van der Waals surface area (Å²) in [6, 6.07) is 0.499. The lowest BCUT2D eigenvalue weighted by Gasteiger charge is -2.29. The molecule has 4 nitrogen and oxygen atoms in total. The Morgan fingerprint density at radius 1 is 1.50 bits per heavy atom. The van der Waals surface area contributed by atoms with Crippen molar-refractivity contribution in [1.82, 2.24) is 10.2 Å². The van der Waals surface area contributed by atoms with Crippen molar-refractivity contribution in [3.05, 3.63) is 3.92 Å². The first-order valence-corrected chi connectivity index (χ1v) is 7.02. The van der Waals surface area contributed by atoms with Crippen LogP contribution in [0.3, 0.4) is 0 Å². The van der Waals surface area contributed by atoms with Gasteiger partial charge in [0.25, 0.3) is 0 Å². The number of carbonyl (C=O) groups excluding carboxylic acids is 1. The van der Waals surface area contributed by atoms with E-state index >= 15 is 0 Å². The van der Waals surface area contributed by atoms with E-state index < -0.39 is 0 Å². The number of fused-ring (bicyclic) bond motifs is 2. The average Bonchev–Trinajstić information content (AvgIpc) is 2.89. The highest BCUT2D eigenvalue weighted by Crippen LogP contribution is 2.45. The number of hydrogen-bond donors (Lipinski definition) is 0. The van der Waals surface area contributed by atoms with Gasteiger partial charge in [-0.2, -0.15) is 0 Å². The van der Waals surface area contributed by atoms with Gasteiger partial charge < -0.3 is 4.90 Å². The Morgan fingerprint density at radius 3 is 2.81 bits per heavy atom. The van der Waals surface area contributed by atoms with Crippen LogP contribution in [0.25, 0.3) is 0 Å². The highest BCUT2D eigenvalue weighted by molar-refractivity contribution is 9.11. The second-order valence-electron chi connectivity index (χ2n) is 4.59. The van der Waals surface area contributed by atoms with Gasteiger partial charge in [-0.25, -0.2) is 0 Å². The van der Waals surface area contributed by atoms with Crippen LogP contribution in [-0.2, 0) is 4.79 Å². The fourth-order valence-electron chi connectivity index (χ4n) is 3.00. The zero-order valence-corrected chi connectivity index (χ0v) is 11.3. The lowest BCUT2D eigenvalue weighted by molar-refractivity contribution is -0.121. The zero-order chi connectivity index (χ0) is 11.3. The number of anilines is 1. The molecule has 0 aromatic carbocycles. The van der Waals surface area contributed by atoms with Gasteiger partial charge in [-0.05, 0) is 41.6 Å². The molecule has 1 unspecified atom stereocenters. The minimum atomic E-state index is 0.289. The van der Waals surface area contributed by atoms with E-state index in [0.717, 1.165) is 28.4 Å². The Morgan fingerprint density at radius 2 is 2.31 bits per heavy atom.